The van der Waals surface area contributed by atoms with Crippen molar-refractivity contribution in [3.05, 3.63) is 72.3 Å². The van der Waals surface area contributed by atoms with E-state index in [0.29, 0.717) is 19.4 Å². The minimum Gasteiger partial charge on any atom is -0.354 e. The van der Waals surface area contributed by atoms with Gasteiger partial charge in [0.1, 0.15) is 18.2 Å². The number of carbonyl (C=O) groups excluding carboxylic acids is 1. The van der Waals surface area contributed by atoms with Gasteiger partial charge in [-0.15, -0.1) is 5.10 Å². The van der Waals surface area contributed by atoms with E-state index in [-0.39, 0.29) is 5.91 Å². The summed E-state index contributed by atoms with van der Waals surface area (Å²) in [4.78, 5) is 17.5. The highest BCUT2D eigenvalue weighted by molar-refractivity contribution is 5.80. The smallest absolute Gasteiger partial charge is 0.245 e. The molecule has 2 aromatic carbocycles. The summed E-state index contributed by atoms with van der Waals surface area (Å²) in [5.74, 6) is 0.818. The molecule has 0 fully saturated rings. The number of carbonyl (C=O) groups is 1. The second kappa shape index (κ2) is 7.99. The lowest BCUT2D eigenvalue weighted by Crippen LogP contribution is -2.35. The predicted octanol–water partition coefficient (Wildman–Crippen LogP) is 1.70. The van der Waals surface area contributed by atoms with E-state index in [9.17, 15) is 4.79 Å². The van der Waals surface area contributed by atoms with Gasteiger partial charge in [0.25, 0.3) is 0 Å². The van der Waals surface area contributed by atoms with Crippen molar-refractivity contribution in [1.82, 2.24) is 35.1 Å². The van der Waals surface area contributed by atoms with Crippen LogP contribution in [0.5, 0.6) is 0 Å². The van der Waals surface area contributed by atoms with E-state index in [1.807, 2.05) is 61.6 Å². The van der Waals surface area contributed by atoms with Crippen molar-refractivity contribution in [2.75, 3.05) is 6.54 Å². The maximum atomic E-state index is 12.8. The first-order valence-corrected chi connectivity index (χ1v) is 9.17. The molecule has 1 unspecified atom stereocenters. The number of imidazole rings is 1. The van der Waals surface area contributed by atoms with Gasteiger partial charge >= 0.3 is 0 Å². The van der Waals surface area contributed by atoms with Crippen molar-refractivity contribution in [3.8, 4) is 0 Å². The van der Waals surface area contributed by atoms with E-state index in [0.717, 1.165) is 22.4 Å². The number of hydrogen-bond acceptors (Lipinski definition) is 5. The number of nitrogens with zero attached hydrogens (tertiary/aromatic N) is 6. The molecule has 28 heavy (non-hydrogen) atoms. The monoisotopic (exact) mass is 375 g/mol. The number of fused-ring (bicyclic) bond motifs is 1. The van der Waals surface area contributed by atoms with Crippen LogP contribution in [0.1, 0.15) is 17.4 Å². The van der Waals surface area contributed by atoms with Gasteiger partial charge in [-0.25, -0.2) is 9.67 Å². The Kier molecular flexibility index (Phi) is 5.09. The van der Waals surface area contributed by atoms with Crippen LogP contribution in [0, 0.1) is 0 Å². The lowest BCUT2D eigenvalue weighted by molar-refractivity contribution is -0.124. The molecule has 0 aliphatic heterocycles. The Bertz CT molecular complexity index is 1060. The average molecular weight is 375 g/mol. The highest BCUT2D eigenvalue weighted by Gasteiger charge is 2.22. The Morgan fingerprint density at radius 2 is 1.89 bits per heavy atom. The second-order valence-corrected chi connectivity index (χ2v) is 6.61. The molecule has 0 saturated heterocycles. The number of benzene rings is 2. The Labute approximate surface area is 162 Å². The molecule has 4 aromatic rings. The molecule has 0 aliphatic carbocycles. The molecular formula is C20H21N7O. The van der Waals surface area contributed by atoms with Gasteiger partial charge in [-0.2, -0.15) is 0 Å². The molecule has 0 aliphatic rings. The van der Waals surface area contributed by atoms with Gasteiger partial charge in [-0.05, 0) is 28.1 Å². The molecule has 2 aromatic heterocycles. The minimum absolute atomic E-state index is 0.116. The number of aromatic nitrogens is 6. The average Bonchev–Trinajstić information content (AvgIpc) is 3.36. The topological polar surface area (TPSA) is 90.5 Å². The van der Waals surface area contributed by atoms with Crippen LogP contribution < -0.4 is 5.32 Å². The van der Waals surface area contributed by atoms with Crippen LogP contribution in [0.15, 0.2) is 60.9 Å². The molecule has 2 heterocycles. The Morgan fingerprint density at radius 1 is 1.11 bits per heavy atom. The molecule has 142 valence electrons. The number of rotatable bonds is 7. The fourth-order valence-corrected chi connectivity index (χ4v) is 3.29. The molecule has 0 radical (unpaired) electrons. The van der Waals surface area contributed by atoms with Crippen LogP contribution in [0.4, 0.5) is 0 Å². The van der Waals surface area contributed by atoms with E-state index in [2.05, 4.69) is 30.4 Å². The summed E-state index contributed by atoms with van der Waals surface area (Å²) < 4.78 is 3.56. The van der Waals surface area contributed by atoms with E-state index in [4.69, 9.17) is 0 Å². The van der Waals surface area contributed by atoms with Gasteiger partial charge in [0.15, 0.2) is 0 Å². The third-order valence-corrected chi connectivity index (χ3v) is 4.79. The quantitative estimate of drug-likeness (QED) is 0.531. The zero-order chi connectivity index (χ0) is 19.3. The van der Waals surface area contributed by atoms with E-state index >= 15 is 0 Å². The molecule has 0 spiro atoms. The first kappa shape index (κ1) is 17.8. The molecule has 1 N–H and O–H groups in total. The van der Waals surface area contributed by atoms with Crippen molar-refractivity contribution in [2.45, 2.75) is 18.9 Å². The minimum atomic E-state index is -0.502. The summed E-state index contributed by atoms with van der Waals surface area (Å²) in [6, 6.07) is 17.3. The van der Waals surface area contributed by atoms with Crippen LogP contribution in [0.25, 0.3) is 11.0 Å². The fourth-order valence-electron chi connectivity index (χ4n) is 3.29. The standard InChI is InChI=1S/C20H21N7O/c1-26-17-10-6-5-9-16(17)23-19(26)11-12-21-20(28)18(27-14-22-24-25-27)13-15-7-3-2-4-8-15/h2-10,14,18H,11-13H2,1H3,(H,21,28). The van der Waals surface area contributed by atoms with Crippen LogP contribution in [-0.4, -0.2) is 42.2 Å². The Balaban J connectivity index is 1.43. The van der Waals surface area contributed by atoms with Crippen molar-refractivity contribution in [2.24, 2.45) is 7.05 Å². The predicted molar refractivity (Wildman–Crippen MR) is 104 cm³/mol. The highest BCUT2D eigenvalue weighted by Crippen LogP contribution is 2.15. The molecule has 8 nitrogen and oxygen atoms in total. The van der Waals surface area contributed by atoms with Gasteiger partial charge in [0.05, 0.1) is 11.0 Å². The van der Waals surface area contributed by atoms with Crippen LogP contribution in [0.3, 0.4) is 0 Å². The van der Waals surface area contributed by atoms with Gasteiger partial charge in [0, 0.05) is 26.4 Å². The first-order valence-electron chi connectivity index (χ1n) is 9.17. The number of hydrogen-bond donors (Lipinski definition) is 1. The summed E-state index contributed by atoms with van der Waals surface area (Å²) in [6.07, 6.45) is 2.63. The SMILES string of the molecule is Cn1c(CCNC(=O)C(Cc2ccccc2)n2cnnn2)nc2ccccc21. The molecule has 0 bridgehead atoms. The first-order chi connectivity index (χ1) is 13.7. The van der Waals surface area contributed by atoms with Crippen LogP contribution in [-0.2, 0) is 24.7 Å². The lowest BCUT2D eigenvalue weighted by Gasteiger charge is -2.16. The number of amides is 1. The maximum Gasteiger partial charge on any atom is 0.245 e. The van der Waals surface area contributed by atoms with Gasteiger partial charge in [-0.1, -0.05) is 42.5 Å². The summed E-state index contributed by atoms with van der Waals surface area (Å²) in [7, 11) is 1.99. The normalized spacial score (nSPS) is 12.2. The zero-order valence-corrected chi connectivity index (χ0v) is 15.6. The molecule has 0 saturated carbocycles. The fraction of sp³-hybridized carbons (Fsp3) is 0.250. The Hall–Kier alpha value is -3.55. The second-order valence-electron chi connectivity index (χ2n) is 6.61. The van der Waals surface area contributed by atoms with Crippen molar-refractivity contribution >= 4 is 16.9 Å². The largest absolute Gasteiger partial charge is 0.354 e. The summed E-state index contributed by atoms with van der Waals surface area (Å²) >= 11 is 0. The number of tetrazole rings is 1. The van der Waals surface area contributed by atoms with E-state index in [1.165, 1.54) is 11.0 Å². The van der Waals surface area contributed by atoms with Crippen LogP contribution >= 0.6 is 0 Å². The summed E-state index contributed by atoms with van der Waals surface area (Å²) in [5, 5.41) is 14.3. The summed E-state index contributed by atoms with van der Waals surface area (Å²) in [5.41, 5.74) is 3.09. The molecular weight excluding hydrogens is 354 g/mol. The highest BCUT2D eigenvalue weighted by atomic mass is 16.2. The summed E-state index contributed by atoms with van der Waals surface area (Å²) in [6.45, 7) is 0.489. The molecule has 1 atom stereocenters. The third kappa shape index (κ3) is 3.75. The molecule has 8 heteroatoms. The van der Waals surface area contributed by atoms with Gasteiger partial charge in [-0.3, -0.25) is 4.79 Å². The van der Waals surface area contributed by atoms with Gasteiger partial charge < -0.3 is 9.88 Å². The maximum absolute atomic E-state index is 12.8. The van der Waals surface area contributed by atoms with Gasteiger partial charge in [0.2, 0.25) is 5.91 Å². The number of aryl methyl sites for hydroxylation is 1. The van der Waals surface area contributed by atoms with Crippen molar-refractivity contribution < 1.29 is 4.79 Å². The Morgan fingerprint density at radius 3 is 2.64 bits per heavy atom. The van der Waals surface area contributed by atoms with Crippen LogP contribution in [0.2, 0.25) is 0 Å². The lowest BCUT2D eigenvalue weighted by atomic mass is 10.1. The number of nitrogens with one attached hydrogen (secondary N) is 1. The zero-order valence-electron chi connectivity index (χ0n) is 15.6. The third-order valence-electron chi connectivity index (χ3n) is 4.79. The number of para-hydroxylation sites is 2. The van der Waals surface area contributed by atoms with Crippen molar-refractivity contribution in [1.29, 1.82) is 0 Å². The van der Waals surface area contributed by atoms with E-state index < -0.39 is 6.04 Å². The van der Waals surface area contributed by atoms with E-state index in [1.54, 1.807) is 0 Å². The van der Waals surface area contributed by atoms with Crippen molar-refractivity contribution in [3.63, 3.8) is 0 Å². The molecule has 1 amide bonds. The molecule has 4 rings (SSSR count).